The number of carboxylic acids is 1. The van der Waals surface area contributed by atoms with E-state index < -0.39 is 11.9 Å². The van der Waals surface area contributed by atoms with E-state index in [-0.39, 0.29) is 0 Å². The number of carboxylic acid groups (broad SMARTS) is 1. The lowest BCUT2D eigenvalue weighted by atomic mass is 10.1. The van der Waals surface area contributed by atoms with Crippen LogP contribution in [0.4, 0.5) is 0 Å². The molecule has 0 radical (unpaired) electrons. The van der Waals surface area contributed by atoms with Gasteiger partial charge in [0.15, 0.2) is 0 Å². The van der Waals surface area contributed by atoms with Gasteiger partial charge in [-0.15, -0.1) is 22.7 Å². The number of thiazole rings is 1. The van der Waals surface area contributed by atoms with Crippen LogP contribution in [-0.4, -0.2) is 16.1 Å². The van der Waals surface area contributed by atoms with E-state index in [4.69, 9.17) is 5.11 Å². The molecule has 0 saturated heterocycles. The van der Waals surface area contributed by atoms with Gasteiger partial charge in [0.05, 0.1) is 16.5 Å². The largest absolute Gasteiger partial charge is 0.481 e. The Morgan fingerprint density at radius 3 is 2.88 bits per heavy atom. The highest BCUT2D eigenvalue weighted by atomic mass is 32.1. The second-order valence-corrected chi connectivity index (χ2v) is 5.48. The number of aryl methyl sites for hydroxylation is 1. The second-order valence-electron chi connectivity index (χ2n) is 3.51. The van der Waals surface area contributed by atoms with E-state index >= 15 is 0 Å². The van der Waals surface area contributed by atoms with Crippen LogP contribution in [0.2, 0.25) is 0 Å². The normalized spacial score (nSPS) is 12.6. The zero-order valence-corrected chi connectivity index (χ0v) is 10.6. The van der Waals surface area contributed by atoms with Crippen LogP contribution < -0.4 is 0 Å². The van der Waals surface area contributed by atoms with Gasteiger partial charge in [-0.25, -0.2) is 4.98 Å². The van der Waals surface area contributed by atoms with Crippen molar-refractivity contribution in [2.75, 3.05) is 0 Å². The van der Waals surface area contributed by atoms with Crippen molar-refractivity contribution in [3.8, 4) is 9.88 Å². The van der Waals surface area contributed by atoms with Gasteiger partial charge < -0.3 is 5.11 Å². The molecule has 0 aliphatic carbocycles. The molecule has 0 aromatic carbocycles. The van der Waals surface area contributed by atoms with Gasteiger partial charge in [0.1, 0.15) is 5.01 Å². The number of hydrogen-bond acceptors (Lipinski definition) is 4. The predicted molar refractivity (Wildman–Crippen MR) is 66.2 cm³/mol. The fourth-order valence-electron chi connectivity index (χ4n) is 1.43. The lowest BCUT2D eigenvalue weighted by Gasteiger charge is -2.02. The Balaban J connectivity index is 2.40. The summed E-state index contributed by atoms with van der Waals surface area (Å²) in [5, 5.41) is 11.9. The summed E-state index contributed by atoms with van der Waals surface area (Å²) >= 11 is 3.09. The summed E-state index contributed by atoms with van der Waals surface area (Å²) in [5.41, 5.74) is 0.823. The minimum atomic E-state index is -0.801. The molecule has 0 aliphatic heterocycles. The lowest BCUT2D eigenvalue weighted by Crippen LogP contribution is -2.06. The van der Waals surface area contributed by atoms with Gasteiger partial charge in [-0.05, 0) is 25.3 Å². The molecule has 2 heterocycles. The number of nitrogens with zero attached hydrogens (tertiary/aromatic N) is 1. The second kappa shape index (κ2) is 4.35. The van der Waals surface area contributed by atoms with E-state index in [1.807, 2.05) is 24.4 Å². The third-order valence-corrected chi connectivity index (χ3v) is 4.71. The number of aliphatic carboxylic acids is 1. The number of carbonyl (C=O) groups is 1. The first-order valence-electron chi connectivity index (χ1n) is 4.83. The summed E-state index contributed by atoms with van der Waals surface area (Å²) in [4.78, 5) is 17.3. The van der Waals surface area contributed by atoms with Gasteiger partial charge in [0.2, 0.25) is 0 Å². The van der Waals surface area contributed by atoms with Crippen molar-refractivity contribution in [1.29, 1.82) is 0 Å². The molecule has 0 amide bonds. The lowest BCUT2D eigenvalue weighted by molar-refractivity contribution is -0.138. The summed E-state index contributed by atoms with van der Waals surface area (Å²) in [5.74, 6) is -1.28. The standard InChI is InChI=1S/C11H11NO2S2/c1-6(11(13)14)9-7(2)12-10(16-9)8-4-3-5-15-8/h3-6H,1-2H3,(H,13,14). The Labute approximate surface area is 101 Å². The molecule has 0 saturated carbocycles. The van der Waals surface area contributed by atoms with E-state index in [9.17, 15) is 4.79 Å². The van der Waals surface area contributed by atoms with Crippen LogP contribution in [0.5, 0.6) is 0 Å². The van der Waals surface area contributed by atoms with Crippen molar-refractivity contribution in [2.45, 2.75) is 19.8 Å². The first-order chi connectivity index (χ1) is 7.59. The molecule has 0 fully saturated rings. The van der Waals surface area contributed by atoms with Gasteiger partial charge in [0.25, 0.3) is 0 Å². The summed E-state index contributed by atoms with van der Waals surface area (Å²) in [6.07, 6.45) is 0. The number of rotatable bonds is 3. The highest BCUT2D eigenvalue weighted by Gasteiger charge is 2.20. The molecule has 1 unspecified atom stereocenters. The van der Waals surface area contributed by atoms with E-state index in [0.717, 1.165) is 20.5 Å². The minimum absolute atomic E-state index is 0.480. The number of aromatic nitrogens is 1. The van der Waals surface area contributed by atoms with Crippen LogP contribution in [0.1, 0.15) is 23.4 Å². The predicted octanol–water partition coefficient (Wildman–Crippen LogP) is 3.37. The topological polar surface area (TPSA) is 50.2 Å². The van der Waals surface area contributed by atoms with E-state index in [0.29, 0.717) is 0 Å². The molecule has 1 N–H and O–H groups in total. The summed E-state index contributed by atoms with van der Waals surface area (Å²) in [6.45, 7) is 3.56. The molecule has 0 spiro atoms. The average molecular weight is 253 g/mol. The quantitative estimate of drug-likeness (QED) is 0.912. The van der Waals surface area contributed by atoms with E-state index in [1.165, 1.54) is 11.3 Å². The van der Waals surface area contributed by atoms with Crippen molar-refractivity contribution in [3.63, 3.8) is 0 Å². The maximum absolute atomic E-state index is 10.9. The van der Waals surface area contributed by atoms with Gasteiger partial charge in [-0.1, -0.05) is 6.07 Å². The molecular weight excluding hydrogens is 242 g/mol. The van der Waals surface area contributed by atoms with Crippen molar-refractivity contribution < 1.29 is 9.90 Å². The monoisotopic (exact) mass is 253 g/mol. The molecule has 84 valence electrons. The summed E-state index contributed by atoms with van der Waals surface area (Å²) in [7, 11) is 0. The number of thiophene rings is 1. The first-order valence-corrected chi connectivity index (χ1v) is 6.53. The van der Waals surface area contributed by atoms with E-state index in [1.54, 1.807) is 18.3 Å². The fourth-order valence-corrected chi connectivity index (χ4v) is 3.33. The molecule has 1 atom stereocenters. The van der Waals surface area contributed by atoms with Crippen LogP contribution in [0, 0.1) is 6.92 Å². The van der Waals surface area contributed by atoms with Gasteiger partial charge >= 0.3 is 5.97 Å². The van der Waals surface area contributed by atoms with Gasteiger partial charge in [-0.2, -0.15) is 0 Å². The SMILES string of the molecule is Cc1nc(-c2cccs2)sc1C(C)C(=O)O. The van der Waals surface area contributed by atoms with Gasteiger partial charge in [-0.3, -0.25) is 4.79 Å². The maximum atomic E-state index is 10.9. The Morgan fingerprint density at radius 1 is 1.56 bits per heavy atom. The third kappa shape index (κ3) is 2.01. The molecule has 0 aliphatic rings. The smallest absolute Gasteiger partial charge is 0.311 e. The zero-order chi connectivity index (χ0) is 11.7. The molecule has 2 aromatic heterocycles. The zero-order valence-electron chi connectivity index (χ0n) is 8.93. The average Bonchev–Trinajstić information content (AvgIpc) is 2.84. The van der Waals surface area contributed by atoms with Crippen LogP contribution in [-0.2, 0) is 4.79 Å². The summed E-state index contributed by atoms with van der Waals surface area (Å²) < 4.78 is 0. The van der Waals surface area contributed by atoms with Crippen molar-refractivity contribution >= 4 is 28.6 Å². The van der Waals surface area contributed by atoms with Crippen molar-refractivity contribution in [2.24, 2.45) is 0 Å². The van der Waals surface area contributed by atoms with Crippen LogP contribution in [0.3, 0.4) is 0 Å². The first kappa shape index (κ1) is 11.3. The molecule has 2 rings (SSSR count). The summed E-state index contributed by atoms with van der Waals surface area (Å²) in [6, 6.07) is 3.97. The Bertz CT molecular complexity index is 502. The minimum Gasteiger partial charge on any atom is -0.481 e. The Morgan fingerprint density at radius 2 is 2.31 bits per heavy atom. The molecule has 2 aromatic rings. The Hall–Kier alpha value is -1.20. The molecule has 0 bridgehead atoms. The van der Waals surface area contributed by atoms with Crippen LogP contribution in [0.15, 0.2) is 17.5 Å². The molecule has 3 nitrogen and oxygen atoms in total. The van der Waals surface area contributed by atoms with E-state index in [2.05, 4.69) is 4.98 Å². The molecular formula is C11H11NO2S2. The van der Waals surface area contributed by atoms with Crippen LogP contribution >= 0.6 is 22.7 Å². The molecule has 5 heteroatoms. The Kier molecular flexibility index (Phi) is 3.07. The van der Waals surface area contributed by atoms with Crippen LogP contribution in [0.25, 0.3) is 9.88 Å². The highest BCUT2D eigenvalue weighted by molar-refractivity contribution is 7.21. The van der Waals surface area contributed by atoms with Crippen molar-refractivity contribution in [1.82, 2.24) is 4.98 Å². The van der Waals surface area contributed by atoms with Gasteiger partial charge in [0, 0.05) is 4.88 Å². The molecule has 16 heavy (non-hydrogen) atoms. The number of hydrogen-bond donors (Lipinski definition) is 1. The maximum Gasteiger partial charge on any atom is 0.311 e. The third-order valence-electron chi connectivity index (χ3n) is 2.33. The highest BCUT2D eigenvalue weighted by Crippen LogP contribution is 2.34. The van der Waals surface area contributed by atoms with Crippen molar-refractivity contribution in [3.05, 3.63) is 28.1 Å². The fraction of sp³-hybridized carbons (Fsp3) is 0.273.